The normalized spacial score (nSPS) is 14.0. The maximum Gasteiger partial charge on any atom is 0.111 e. The molecule has 0 amide bonds. The number of aromatic amines is 1. The van der Waals surface area contributed by atoms with E-state index in [4.69, 9.17) is 4.98 Å². The van der Waals surface area contributed by atoms with E-state index in [0.717, 1.165) is 52.8 Å². The highest BCUT2D eigenvalue weighted by molar-refractivity contribution is 5.90. The molecular weight excluding hydrogens is 504 g/mol. The molecule has 1 aliphatic carbocycles. The minimum Gasteiger partial charge on any atom is -0.388 e. The van der Waals surface area contributed by atoms with Crippen molar-refractivity contribution in [3.05, 3.63) is 102 Å². The van der Waals surface area contributed by atoms with Gasteiger partial charge in [0.15, 0.2) is 0 Å². The molecule has 3 heterocycles. The highest BCUT2D eigenvalue weighted by Crippen LogP contribution is 2.29. The molecule has 1 saturated carbocycles. The Labute approximate surface area is 244 Å². The number of terminal acetylenes is 1. The number of anilines is 1. The molecular formula is C35H40N6. The van der Waals surface area contributed by atoms with E-state index in [2.05, 4.69) is 82.3 Å². The van der Waals surface area contributed by atoms with E-state index in [9.17, 15) is 0 Å². The molecule has 6 heteroatoms. The maximum atomic E-state index is 4.97. The van der Waals surface area contributed by atoms with Crippen LogP contribution < -0.4 is 10.6 Å². The zero-order chi connectivity index (χ0) is 29.0. The molecule has 6 nitrogen and oxygen atoms in total. The van der Waals surface area contributed by atoms with Crippen LogP contribution in [0.1, 0.15) is 49.6 Å². The number of hydrogen-bond donors (Lipinski definition) is 3. The average molecular weight is 545 g/mol. The van der Waals surface area contributed by atoms with Gasteiger partial charge in [-0.2, -0.15) is 0 Å². The first-order valence-corrected chi connectivity index (χ1v) is 14.3. The van der Waals surface area contributed by atoms with E-state index in [-0.39, 0.29) is 0 Å². The number of fused-ring (bicyclic) bond motifs is 1. The molecule has 210 valence electrons. The summed E-state index contributed by atoms with van der Waals surface area (Å²) in [4.78, 5) is 17.4. The molecule has 1 fully saturated rings. The predicted octanol–water partition coefficient (Wildman–Crippen LogP) is 7.20. The number of imidazole rings is 1. The van der Waals surface area contributed by atoms with Crippen LogP contribution in [0.15, 0.2) is 85.4 Å². The van der Waals surface area contributed by atoms with Gasteiger partial charge in [0, 0.05) is 43.7 Å². The fraction of sp³-hybridized carbons (Fsp3) is 0.286. The van der Waals surface area contributed by atoms with E-state index in [0.29, 0.717) is 6.42 Å². The van der Waals surface area contributed by atoms with Gasteiger partial charge in [0.05, 0.1) is 17.4 Å². The van der Waals surface area contributed by atoms with E-state index < -0.39 is 0 Å². The average Bonchev–Trinajstić information content (AvgIpc) is 3.70. The van der Waals surface area contributed by atoms with E-state index in [1.54, 1.807) is 6.20 Å². The summed E-state index contributed by atoms with van der Waals surface area (Å²) in [6.45, 7) is 8.10. The second-order valence-corrected chi connectivity index (χ2v) is 10.2. The quantitative estimate of drug-likeness (QED) is 0.137. The molecule has 4 aromatic rings. The highest BCUT2D eigenvalue weighted by atomic mass is 14.9. The molecule has 5 rings (SSSR count). The van der Waals surface area contributed by atoms with E-state index in [1.807, 2.05) is 43.7 Å². The number of pyridine rings is 2. The number of rotatable bonds is 11. The molecule has 3 aromatic heterocycles. The summed E-state index contributed by atoms with van der Waals surface area (Å²) in [6, 6.07) is 12.5. The van der Waals surface area contributed by atoms with Crippen LogP contribution >= 0.6 is 0 Å². The Morgan fingerprint density at radius 3 is 2.68 bits per heavy atom. The number of aromatic nitrogens is 4. The Bertz CT molecular complexity index is 1520. The van der Waals surface area contributed by atoms with Crippen molar-refractivity contribution < 1.29 is 0 Å². The molecule has 0 unspecified atom stereocenters. The second-order valence-electron chi connectivity index (χ2n) is 10.2. The molecule has 1 aromatic carbocycles. The predicted molar refractivity (Wildman–Crippen MR) is 173 cm³/mol. The van der Waals surface area contributed by atoms with Gasteiger partial charge in [-0.25, -0.2) is 4.98 Å². The molecule has 0 aliphatic heterocycles. The second kappa shape index (κ2) is 14.8. The van der Waals surface area contributed by atoms with Gasteiger partial charge in [-0.1, -0.05) is 49.8 Å². The Morgan fingerprint density at radius 1 is 1.15 bits per heavy atom. The number of H-pyrrole nitrogens is 1. The lowest BCUT2D eigenvalue weighted by atomic mass is 9.98. The molecule has 1 aliphatic rings. The lowest BCUT2D eigenvalue weighted by Gasteiger charge is -2.13. The summed E-state index contributed by atoms with van der Waals surface area (Å²) >= 11 is 0. The Balaban J connectivity index is 0.00000189. The van der Waals surface area contributed by atoms with Crippen LogP contribution in [-0.2, 0) is 6.42 Å². The number of hydrogen-bond acceptors (Lipinski definition) is 5. The van der Waals surface area contributed by atoms with Crippen molar-refractivity contribution in [3.8, 4) is 24.1 Å². The smallest absolute Gasteiger partial charge is 0.111 e. The zero-order valence-electron chi connectivity index (χ0n) is 24.2. The Hall–Kier alpha value is -4.47. The first-order valence-electron chi connectivity index (χ1n) is 14.3. The van der Waals surface area contributed by atoms with E-state index >= 15 is 0 Å². The van der Waals surface area contributed by atoms with Gasteiger partial charge in [0.2, 0.25) is 0 Å². The number of allylic oxidation sites excluding steroid dienone is 3. The molecule has 3 N–H and O–H groups in total. The SMILES string of the molecule is C#C.C=C/C(=C\C(=C/C)c1ccc(NC)c(Cc2nc3c(-c4ccccn4)cncc3[nH]2)c1)CNCC1CCCC1. The van der Waals surface area contributed by atoms with Gasteiger partial charge < -0.3 is 15.6 Å². The fourth-order valence-electron chi connectivity index (χ4n) is 5.47. The number of nitrogens with one attached hydrogen (secondary N) is 3. The van der Waals surface area contributed by atoms with Crippen LogP contribution in [0.3, 0.4) is 0 Å². The standard InChI is InChI=1S/C33H38N6.C2H2/c1-4-23(19-35-20-24-10-6-7-11-24)16-25(5-2)26-13-14-29(34-3)27(17-26)18-32-38-31-22-36-21-28(33(31)39-32)30-12-8-9-15-37-30;1-2/h4-5,8-9,12-17,21-22,24,34-35H,1,6-7,10-11,18-20H2,2-3H3,(H,38,39);1-2H/b23-16+,25-5+;. The molecule has 0 atom stereocenters. The zero-order valence-corrected chi connectivity index (χ0v) is 24.2. The minimum absolute atomic E-state index is 0.665. The van der Waals surface area contributed by atoms with Crippen LogP contribution in [0.4, 0.5) is 5.69 Å². The first kappa shape index (κ1) is 29.5. The third kappa shape index (κ3) is 7.39. The van der Waals surface area contributed by atoms with Crippen LogP contribution in [0.2, 0.25) is 0 Å². The van der Waals surface area contributed by atoms with Crippen molar-refractivity contribution in [3.63, 3.8) is 0 Å². The maximum absolute atomic E-state index is 4.97. The molecule has 0 spiro atoms. The third-order valence-corrected chi connectivity index (χ3v) is 7.60. The van der Waals surface area contributed by atoms with Crippen molar-refractivity contribution in [2.24, 2.45) is 5.92 Å². The van der Waals surface area contributed by atoms with Crippen molar-refractivity contribution in [2.45, 2.75) is 39.0 Å². The minimum atomic E-state index is 0.665. The Kier molecular flexibility index (Phi) is 10.6. The van der Waals surface area contributed by atoms with Crippen LogP contribution in [0, 0.1) is 18.8 Å². The van der Waals surface area contributed by atoms with Gasteiger partial charge in [-0.15, -0.1) is 12.8 Å². The molecule has 0 bridgehead atoms. The molecule has 41 heavy (non-hydrogen) atoms. The monoisotopic (exact) mass is 544 g/mol. The summed E-state index contributed by atoms with van der Waals surface area (Å²) in [5.74, 6) is 1.72. The van der Waals surface area contributed by atoms with Crippen LogP contribution in [0.25, 0.3) is 27.9 Å². The van der Waals surface area contributed by atoms with Gasteiger partial charge in [0.1, 0.15) is 11.3 Å². The van der Waals surface area contributed by atoms with E-state index in [1.165, 1.54) is 48.0 Å². The largest absolute Gasteiger partial charge is 0.388 e. The number of nitrogens with zero attached hydrogens (tertiary/aromatic N) is 3. The summed E-state index contributed by atoms with van der Waals surface area (Å²) in [5, 5.41) is 7.00. The van der Waals surface area contributed by atoms with Gasteiger partial charge in [0.25, 0.3) is 0 Å². The van der Waals surface area contributed by atoms with Crippen molar-refractivity contribution in [1.82, 2.24) is 25.3 Å². The first-order chi connectivity index (χ1) is 20.2. The van der Waals surface area contributed by atoms with Crippen molar-refractivity contribution >= 4 is 22.3 Å². The number of benzene rings is 1. The summed E-state index contributed by atoms with van der Waals surface area (Å²) in [6.07, 6.45) is 26.0. The van der Waals surface area contributed by atoms with Crippen LogP contribution in [-0.4, -0.2) is 40.1 Å². The lowest BCUT2D eigenvalue weighted by Crippen LogP contribution is -2.23. The van der Waals surface area contributed by atoms with Crippen molar-refractivity contribution in [2.75, 3.05) is 25.5 Å². The fourth-order valence-corrected chi connectivity index (χ4v) is 5.47. The van der Waals surface area contributed by atoms with Gasteiger partial charge in [-0.3, -0.25) is 9.97 Å². The molecule has 0 radical (unpaired) electrons. The lowest BCUT2D eigenvalue weighted by molar-refractivity contribution is 0.503. The topological polar surface area (TPSA) is 78.5 Å². The summed E-state index contributed by atoms with van der Waals surface area (Å²) in [5.41, 5.74) is 9.41. The van der Waals surface area contributed by atoms with Gasteiger partial charge >= 0.3 is 0 Å². The third-order valence-electron chi connectivity index (χ3n) is 7.60. The molecule has 0 saturated heterocycles. The van der Waals surface area contributed by atoms with Crippen molar-refractivity contribution in [1.29, 1.82) is 0 Å². The summed E-state index contributed by atoms with van der Waals surface area (Å²) < 4.78 is 0. The highest BCUT2D eigenvalue weighted by Gasteiger charge is 2.15. The van der Waals surface area contributed by atoms with Crippen LogP contribution in [0.5, 0.6) is 0 Å². The van der Waals surface area contributed by atoms with Gasteiger partial charge in [-0.05, 0) is 78.8 Å². The Morgan fingerprint density at radius 2 is 1.98 bits per heavy atom. The summed E-state index contributed by atoms with van der Waals surface area (Å²) in [7, 11) is 1.96.